The topological polar surface area (TPSA) is 127 Å². The Hall–Kier alpha value is -1.98. The summed E-state index contributed by atoms with van der Waals surface area (Å²) in [5.74, 6) is -0.717. The highest BCUT2D eigenvalue weighted by Crippen LogP contribution is 2.25. The molecule has 0 aromatic heterocycles. The van der Waals surface area contributed by atoms with E-state index in [0.29, 0.717) is 30.0 Å². The molecule has 2 aromatic rings. The van der Waals surface area contributed by atoms with Crippen LogP contribution in [0.25, 0.3) is 0 Å². The molecule has 1 saturated heterocycles. The van der Waals surface area contributed by atoms with Crippen molar-refractivity contribution in [3.05, 3.63) is 59.1 Å². The predicted molar refractivity (Wildman–Crippen MR) is 113 cm³/mol. The van der Waals surface area contributed by atoms with Gasteiger partial charge in [-0.3, -0.25) is 4.79 Å². The second kappa shape index (κ2) is 9.03. The van der Waals surface area contributed by atoms with Crippen molar-refractivity contribution in [3.63, 3.8) is 0 Å². The number of nitrogens with one attached hydrogen (secondary N) is 1. The second-order valence-electron chi connectivity index (χ2n) is 7.06. The number of primary sulfonamides is 1. The van der Waals surface area contributed by atoms with E-state index in [4.69, 9.17) is 16.7 Å². The maximum absolute atomic E-state index is 12.9. The summed E-state index contributed by atoms with van der Waals surface area (Å²) in [7, 11) is -7.48. The van der Waals surface area contributed by atoms with Crippen molar-refractivity contribution in [2.45, 2.75) is 29.2 Å². The van der Waals surface area contributed by atoms with Gasteiger partial charge in [-0.25, -0.2) is 22.0 Å². The highest BCUT2D eigenvalue weighted by Gasteiger charge is 2.33. The molecule has 0 unspecified atom stereocenters. The van der Waals surface area contributed by atoms with Gasteiger partial charge in [0.15, 0.2) is 0 Å². The lowest BCUT2D eigenvalue weighted by Crippen LogP contribution is -2.45. The Labute approximate surface area is 181 Å². The maximum atomic E-state index is 12.9. The quantitative estimate of drug-likeness (QED) is 0.663. The van der Waals surface area contributed by atoms with Gasteiger partial charge < -0.3 is 5.32 Å². The number of rotatable bonds is 6. The summed E-state index contributed by atoms with van der Waals surface area (Å²) in [6.45, 7) is 0.648. The fraction of sp³-hybridized carbons (Fsp3) is 0.316. The first-order valence-corrected chi connectivity index (χ1v) is 12.6. The number of benzene rings is 2. The van der Waals surface area contributed by atoms with Crippen LogP contribution in [0.5, 0.6) is 0 Å². The van der Waals surface area contributed by atoms with Crippen LogP contribution in [0.1, 0.15) is 18.4 Å². The van der Waals surface area contributed by atoms with Crippen LogP contribution in [0.2, 0.25) is 5.02 Å². The van der Waals surface area contributed by atoms with Crippen molar-refractivity contribution < 1.29 is 21.6 Å². The van der Waals surface area contributed by atoms with E-state index >= 15 is 0 Å². The standard InChI is InChI=1S/C19H22ClN3O5S2/c20-16-5-9-18(10-6-16)30(27,28)23-11-1-2-15(13-23)19(24)22-12-14-3-7-17(8-4-14)29(21,25)26/h3-10,15H,1-2,11-13H2,(H,22,24)(H2,21,25,26)/t15-/m0/s1. The Kier molecular flexibility index (Phi) is 6.83. The molecule has 8 nitrogen and oxygen atoms in total. The number of nitrogens with two attached hydrogens (primary N) is 1. The molecule has 3 N–H and O–H groups in total. The Bertz CT molecular complexity index is 1120. The largest absolute Gasteiger partial charge is 0.352 e. The minimum atomic E-state index is -3.77. The first kappa shape index (κ1) is 22.7. The van der Waals surface area contributed by atoms with E-state index in [9.17, 15) is 21.6 Å². The predicted octanol–water partition coefficient (Wildman–Crippen LogP) is 1.70. The highest BCUT2D eigenvalue weighted by molar-refractivity contribution is 7.89. The van der Waals surface area contributed by atoms with Crippen LogP contribution in [0.4, 0.5) is 0 Å². The van der Waals surface area contributed by atoms with Crippen molar-refractivity contribution in [3.8, 4) is 0 Å². The molecule has 1 aliphatic rings. The normalized spacial score (nSPS) is 18.1. The average molecular weight is 472 g/mol. The van der Waals surface area contributed by atoms with E-state index in [2.05, 4.69) is 5.32 Å². The van der Waals surface area contributed by atoms with E-state index in [1.54, 1.807) is 12.1 Å². The summed E-state index contributed by atoms with van der Waals surface area (Å²) in [5.41, 5.74) is 0.706. The minimum Gasteiger partial charge on any atom is -0.352 e. The van der Waals surface area contributed by atoms with Crippen LogP contribution in [0, 0.1) is 5.92 Å². The summed E-state index contributed by atoms with van der Waals surface area (Å²) in [4.78, 5) is 12.7. The minimum absolute atomic E-state index is 0.00657. The van der Waals surface area contributed by atoms with Crippen LogP contribution in [0.15, 0.2) is 58.3 Å². The van der Waals surface area contributed by atoms with Gasteiger partial charge >= 0.3 is 0 Å². The van der Waals surface area contributed by atoms with Gasteiger partial charge in [-0.15, -0.1) is 0 Å². The Morgan fingerprint density at radius 2 is 1.63 bits per heavy atom. The number of nitrogens with zero attached hydrogens (tertiary/aromatic N) is 1. The number of amides is 1. The van der Waals surface area contributed by atoms with Crippen molar-refractivity contribution in [1.29, 1.82) is 0 Å². The van der Waals surface area contributed by atoms with E-state index in [1.165, 1.54) is 40.7 Å². The second-order valence-corrected chi connectivity index (χ2v) is 11.0. The van der Waals surface area contributed by atoms with Crippen LogP contribution in [-0.4, -0.2) is 40.1 Å². The van der Waals surface area contributed by atoms with Gasteiger partial charge in [0.1, 0.15) is 0 Å². The Morgan fingerprint density at radius 3 is 2.23 bits per heavy atom. The van der Waals surface area contributed by atoms with Gasteiger partial charge in [0, 0.05) is 24.7 Å². The van der Waals surface area contributed by atoms with Crippen molar-refractivity contribution in [2.24, 2.45) is 11.1 Å². The van der Waals surface area contributed by atoms with Crippen LogP contribution in [0.3, 0.4) is 0 Å². The zero-order chi connectivity index (χ0) is 21.9. The summed E-state index contributed by atoms with van der Waals surface area (Å²) in [6, 6.07) is 11.8. The van der Waals surface area contributed by atoms with Crippen LogP contribution in [-0.2, 0) is 31.4 Å². The molecule has 1 atom stereocenters. The number of carbonyl (C=O) groups is 1. The number of piperidine rings is 1. The third-order valence-corrected chi connectivity index (χ3v) is 7.99. The fourth-order valence-corrected chi connectivity index (χ4v) is 5.43. The molecule has 1 amide bonds. The molecule has 3 rings (SSSR count). The van der Waals surface area contributed by atoms with E-state index in [1.807, 2.05) is 0 Å². The molecular weight excluding hydrogens is 450 g/mol. The molecule has 11 heteroatoms. The van der Waals surface area contributed by atoms with Crippen LogP contribution < -0.4 is 10.5 Å². The molecule has 0 aliphatic carbocycles. The summed E-state index contributed by atoms with van der Waals surface area (Å²) < 4.78 is 49.6. The van der Waals surface area contributed by atoms with E-state index in [0.717, 1.165) is 0 Å². The van der Waals surface area contributed by atoms with Gasteiger partial charge in [0.05, 0.1) is 15.7 Å². The van der Waals surface area contributed by atoms with Crippen molar-refractivity contribution >= 4 is 37.6 Å². The van der Waals surface area contributed by atoms with Crippen molar-refractivity contribution in [2.75, 3.05) is 13.1 Å². The zero-order valence-electron chi connectivity index (χ0n) is 16.0. The zero-order valence-corrected chi connectivity index (χ0v) is 18.4. The lowest BCUT2D eigenvalue weighted by atomic mass is 9.99. The van der Waals surface area contributed by atoms with E-state index < -0.39 is 26.0 Å². The number of hydrogen-bond donors (Lipinski definition) is 2. The number of hydrogen-bond acceptors (Lipinski definition) is 5. The third-order valence-electron chi connectivity index (χ3n) is 4.92. The van der Waals surface area contributed by atoms with Crippen LogP contribution >= 0.6 is 11.6 Å². The smallest absolute Gasteiger partial charge is 0.243 e. The molecule has 0 radical (unpaired) electrons. The lowest BCUT2D eigenvalue weighted by molar-refractivity contribution is -0.126. The monoisotopic (exact) mass is 471 g/mol. The number of sulfonamides is 2. The van der Waals surface area contributed by atoms with Gasteiger partial charge in [-0.1, -0.05) is 23.7 Å². The summed E-state index contributed by atoms with van der Waals surface area (Å²) >= 11 is 5.83. The number of halogens is 1. The molecule has 1 fully saturated rings. The molecule has 30 heavy (non-hydrogen) atoms. The van der Waals surface area contributed by atoms with E-state index in [-0.39, 0.29) is 28.8 Å². The summed E-state index contributed by atoms with van der Waals surface area (Å²) in [5, 5.41) is 8.30. The molecule has 162 valence electrons. The summed E-state index contributed by atoms with van der Waals surface area (Å²) in [6.07, 6.45) is 1.16. The molecule has 1 aliphatic heterocycles. The maximum Gasteiger partial charge on any atom is 0.243 e. The van der Waals surface area contributed by atoms with Gasteiger partial charge in [-0.05, 0) is 54.8 Å². The molecule has 0 bridgehead atoms. The molecular formula is C19H22ClN3O5S2. The average Bonchev–Trinajstić information content (AvgIpc) is 2.72. The van der Waals surface area contributed by atoms with Gasteiger partial charge in [0.2, 0.25) is 26.0 Å². The third kappa shape index (κ3) is 5.38. The Balaban J connectivity index is 1.62. The first-order chi connectivity index (χ1) is 14.1. The number of carbonyl (C=O) groups excluding carboxylic acids is 1. The fourth-order valence-electron chi connectivity index (χ4n) is 3.26. The first-order valence-electron chi connectivity index (χ1n) is 9.22. The highest BCUT2D eigenvalue weighted by atomic mass is 35.5. The Morgan fingerprint density at radius 1 is 1.03 bits per heavy atom. The van der Waals surface area contributed by atoms with Gasteiger partial charge in [0.25, 0.3) is 0 Å². The molecule has 1 heterocycles. The van der Waals surface area contributed by atoms with Gasteiger partial charge in [-0.2, -0.15) is 4.31 Å². The SMILES string of the molecule is NS(=O)(=O)c1ccc(CNC(=O)[C@H]2CCCN(S(=O)(=O)c3ccc(Cl)cc3)C2)cc1. The molecule has 2 aromatic carbocycles. The molecule has 0 spiro atoms. The van der Waals surface area contributed by atoms with Crippen molar-refractivity contribution in [1.82, 2.24) is 9.62 Å². The molecule has 0 saturated carbocycles. The lowest BCUT2D eigenvalue weighted by Gasteiger charge is -2.31.